The van der Waals surface area contributed by atoms with Crippen molar-refractivity contribution in [3.63, 3.8) is 0 Å². The first-order valence-electron chi connectivity index (χ1n) is 11.1. The minimum Gasteiger partial charge on any atom is -0.434 e. The van der Waals surface area contributed by atoms with Gasteiger partial charge in [-0.2, -0.15) is 23.1 Å². The van der Waals surface area contributed by atoms with Crippen LogP contribution in [-0.4, -0.2) is 19.5 Å². The Morgan fingerprint density at radius 1 is 1.00 bits per heavy atom. The van der Waals surface area contributed by atoms with Gasteiger partial charge in [0, 0.05) is 29.3 Å². The van der Waals surface area contributed by atoms with Crippen LogP contribution in [0.1, 0.15) is 30.0 Å². The van der Waals surface area contributed by atoms with Crippen LogP contribution in [0.3, 0.4) is 0 Å². The Morgan fingerprint density at radius 2 is 1.78 bits per heavy atom. The fourth-order valence-electron chi connectivity index (χ4n) is 4.02. The molecule has 0 spiro atoms. The number of oxazole rings is 1. The van der Waals surface area contributed by atoms with Gasteiger partial charge in [0.25, 0.3) is 0 Å². The van der Waals surface area contributed by atoms with Crippen molar-refractivity contribution >= 4 is 22.5 Å². The topological polar surface area (TPSA) is 73.8 Å². The molecule has 6 nitrogen and oxygen atoms in total. The van der Waals surface area contributed by atoms with E-state index in [-0.39, 0.29) is 23.4 Å². The van der Waals surface area contributed by atoms with Gasteiger partial charge in [-0.15, -0.1) is 0 Å². The quantitative estimate of drug-likeness (QED) is 0.271. The van der Waals surface area contributed by atoms with E-state index >= 15 is 0 Å². The van der Waals surface area contributed by atoms with Gasteiger partial charge in [-0.05, 0) is 43.2 Å². The number of nitrogens with zero attached hydrogens (tertiary/aromatic N) is 4. The van der Waals surface area contributed by atoms with Gasteiger partial charge < -0.3 is 4.42 Å². The minimum atomic E-state index is -4.48. The van der Waals surface area contributed by atoms with Gasteiger partial charge in [-0.1, -0.05) is 35.9 Å². The number of aromatic nitrogens is 4. The third-order valence-corrected chi connectivity index (χ3v) is 6.35. The first kappa shape index (κ1) is 22.5. The van der Waals surface area contributed by atoms with E-state index in [0.29, 0.717) is 27.4 Å². The van der Waals surface area contributed by atoms with Crippen LogP contribution in [0.4, 0.5) is 13.2 Å². The average molecular weight is 509 g/mol. The SMILES string of the molecule is O=c1nc(C2CC2)ccn1-c1nc(-c2cnc3c(Cl)cccc3c2)oc1-c1ccc(C(F)(F)F)cc1. The Labute approximate surface area is 207 Å². The van der Waals surface area contributed by atoms with Crippen molar-refractivity contribution in [2.45, 2.75) is 24.9 Å². The summed E-state index contributed by atoms with van der Waals surface area (Å²) in [4.78, 5) is 26.0. The molecule has 0 N–H and O–H groups in total. The highest BCUT2D eigenvalue weighted by Crippen LogP contribution is 2.39. The molecule has 0 atom stereocenters. The Morgan fingerprint density at radius 3 is 2.47 bits per heavy atom. The van der Waals surface area contributed by atoms with Gasteiger partial charge in [0.05, 0.1) is 27.4 Å². The molecular weight excluding hydrogens is 493 g/mol. The van der Waals surface area contributed by atoms with Crippen LogP contribution in [0.5, 0.6) is 0 Å². The molecule has 10 heteroatoms. The molecule has 3 aromatic heterocycles. The van der Waals surface area contributed by atoms with Crippen molar-refractivity contribution in [2.75, 3.05) is 0 Å². The lowest BCUT2D eigenvalue weighted by molar-refractivity contribution is -0.137. The Hall–Kier alpha value is -3.98. The van der Waals surface area contributed by atoms with Crippen LogP contribution in [0.15, 0.2) is 76.2 Å². The monoisotopic (exact) mass is 508 g/mol. The number of rotatable bonds is 4. The van der Waals surface area contributed by atoms with E-state index < -0.39 is 17.4 Å². The highest BCUT2D eigenvalue weighted by Gasteiger charge is 2.31. The summed E-state index contributed by atoms with van der Waals surface area (Å²) in [6.07, 6.45) is 0.598. The number of halogens is 4. The van der Waals surface area contributed by atoms with Crippen LogP contribution < -0.4 is 5.69 Å². The van der Waals surface area contributed by atoms with Crippen molar-refractivity contribution in [2.24, 2.45) is 0 Å². The third kappa shape index (κ3) is 4.05. The summed E-state index contributed by atoms with van der Waals surface area (Å²) in [5.41, 5.74) is 0.818. The van der Waals surface area contributed by atoms with E-state index in [9.17, 15) is 18.0 Å². The number of hydrogen-bond donors (Lipinski definition) is 0. The summed E-state index contributed by atoms with van der Waals surface area (Å²) < 4.78 is 46.6. The maximum Gasteiger partial charge on any atom is 0.416 e. The Kier molecular flexibility index (Phi) is 5.19. The summed E-state index contributed by atoms with van der Waals surface area (Å²) in [5.74, 6) is 0.682. The zero-order valence-corrected chi connectivity index (χ0v) is 19.2. The molecule has 1 aliphatic rings. The van der Waals surface area contributed by atoms with E-state index in [2.05, 4.69) is 15.0 Å². The van der Waals surface area contributed by atoms with Crippen LogP contribution in [0, 0.1) is 0 Å². The summed E-state index contributed by atoms with van der Waals surface area (Å²) >= 11 is 6.22. The second-order valence-corrected chi connectivity index (χ2v) is 8.97. The fraction of sp³-hybridized carbons (Fsp3) is 0.154. The number of pyridine rings is 1. The van der Waals surface area contributed by atoms with Gasteiger partial charge in [-0.3, -0.25) is 4.98 Å². The Balaban J connectivity index is 1.51. The normalized spacial score (nSPS) is 13.9. The van der Waals surface area contributed by atoms with Crippen molar-refractivity contribution in [3.05, 3.63) is 93.8 Å². The highest BCUT2D eigenvalue weighted by molar-refractivity contribution is 6.35. The maximum atomic E-state index is 13.1. The highest BCUT2D eigenvalue weighted by atomic mass is 35.5. The van der Waals surface area contributed by atoms with Gasteiger partial charge in [0.1, 0.15) is 0 Å². The summed E-state index contributed by atoms with van der Waals surface area (Å²) in [7, 11) is 0. The van der Waals surface area contributed by atoms with E-state index in [1.165, 1.54) is 22.9 Å². The number of fused-ring (bicyclic) bond motifs is 1. The molecule has 36 heavy (non-hydrogen) atoms. The Bertz CT molecular complexity index is 1670. The number of alkyl halides is 3. The van der Waals surface area contributed by atoms with Crippen LogP contribution in [0.25, 0.3) is 39.5 Å². The molecule has 1 aliphatic carbocycles. The molecule has 0 radical (unpaired) electrons. The molecule has 1 saturated carbocycles. The standard InChI is InChI=1S/C26H16ClF3N4O2/c27-19-3-1-2-16-12-17(13-31-21(16)19)24-33-23(34-11-10-20(14-4-5-14)32-25(34)35)22(36-24)15-6-8-18(9-7-15)26(28,29)30/h1-3,6-14H,4-5H2. The van der Waals surface area contributed by atoms with Crippen molar-refractivity contribution in [1.82, 2.24) is 19.5 Å². The molecule has 2 aromatic carbocycles. The van der Waals surface area contributed by atoms with E-state index in [1.807, 2.05) is 6.07 Å². The predicted molar refractivity (Wildman–Crippen MR) is 128 cm³/mol. The van der Waals surface area contributed by atoms with Crippen molar-refractivity contribution in [1.29, 1.82) is 0 Å². The predicted octanol–water partition coefficient (Wildman–Crippen LogP) is 6.65. The van der Waals surface area contributed by atoms with Crippen molar-refractivity contribution < 1.29 is 17.6 Å². The van der Waals surface area contributed by atoms with Gasteiger partial charge in [-0.25, -0.2) is 9.36 Å². The molecular formula is C26H16ClF3N4O2. The number of para-hydroxylation sites is 1. The van der Waals surface area contributed by atoms with Gasteiger partial charge in [0.2, 0.25) is 5.89 Å². The largest absolute Gasteiger partial charge is 0.434 e. The number of hydrogen-bond acceptors (Lipinski definition) is 5. The molecule has 0 amide bonds. The zero-order chi connectivity index (χ0) is 25.0. The second-order valence-electron chi connectivity index (χ2n) is 8.56. The summed E-state index contributed by atoms with van der Waals surface area (Å²) in [6, 6.07) is 13.4. The lowest BCUT2D eigenvalue weighted by atomic mass is 10.1. The molecule has 0 bridgehead atoms. The van der Waals surface area contributed by atoms with Gasteiger partial charge >= 0.3 is 11.9 Å². The molecule has 5 aromatic rings. The van der Waals surface area contributed by atoms with Crippen LogP contribution in [-0.2, 0) is 6.18 Å². The molecule has 6 rings (SSSR count). The molecule has 180 valence electrons. The van der Waals surface area contributed by atoms with Gasteiger partial charge in [0.15, 0.2) is 11.6 Å². The smallest absolute Gasteiger partial charge is 0.416 e. The minimum absolute atomic E-state index is 0.121. The third-order valence-electron chi connectivity index (χ3n) is 6.04. The van der Waals surface area contributed by atoms with Crippen LogP contribution in [0.2, 0.25) is 5.02 Å². The molecule has 3 heterocycles. The van der Waals surface area contributed by atoms with Crippen LogP contribution >= 0.6 is 11.6 Å². The first-order valence-corrected chi connectivity index (χ1v) is 11.5. The summed E-state index contributed by atoms with van der Waals surface area (Å²) in [6.45, 7) is 0. The van der Waals surface area contributed by atoms with E-state index in [0.717, 1.165) is 30.4 Å². The van der Waals surface area contributed by atoms with E-state index in [1.54, 1.807) is 30.5 Å². The molecule has 0 unspecified atom stereocenters. The van der Waals surface area contributed by atoms with Crippen molar-refractivity contribution in [3.8, 4) is 28.6 Å². The molecule has 0 saturated heterocycles. The van der Waals surface area contributed by atoms with E-state index in [4.69, 9.17) is 16.0 Å². The zero-order valence-electron chi connectivity index (χ0n) is 18.5. The first-order chi connectivity index (χ1) is 17.3. The lowest BCUT2D eigenvalue weighted by Crippen LogP contribution is -2.22. The molecule has 0 aliphatic heterocycles. The fourth-order valence-corrected chi connectivity index (χ4v) is 4.25. The summed E-state index contributed by atoms with van der Waals surface area (Å²) in [5, 5.41) is 1.24. The second kappa shape index (κ2) is 8.30. The maximum absolute atomic E-state index is 13.1. The lowest BCUT2D eigenvalue weighted by Gasteiger charge is -2.08. The molecule has 1 fully saturated rings. The number of benzene rings is 2. The average Bonchev–Trinajstić information content (AvgIpc) is 3.62.